The molecule has 1 fully saturated rings. The van der Waals surface area contributed by atoms with E-state index in [0.29, 0.717) is 36.5 Å². The average Bonchev–Trinajstić information content (AvgIpc) is 3.51. The van der Waals surface area contributed by atoms with Crippen LogP contribution in [0.5, 0.6) is 0 Å². The van der Waals surface area contributed by atoms with Crippen LogP contribution in [0.2, 0.25) is 0 Å². The normalized spacial score (nSPS) is 16.0. The Kier molecular flexibility index (Phi) is 8.07. The summed E-state index contributed by atoms with van der Waals surface area (Å²) in [6.45, 7) is 8.94. The highest BCUT2D eigenvalue weighted by atomic mass is 32.2. The zero-order valence-electron chi connectivity index (χ0n) is 21.6. The van der Waals surface area contributed by atoms with Crippen molar-refractivity contribution in [2.24, 2.45) is 0 Å². The van der Waals surface area contributed by atoms with Crippen LogP contribution in [-0.2, 0) is 14.3 Å². The number of nitrogens with zero attached hydrogens (tertiary/aromatic N) is 6. The Morgan fingerprint density at radius 3 is 2.76 bits per heavy atom. The van der Waals surface area contributed by atoms with Crippen LogP contribution in [-0.4, -0.2) is 67.4 Å². The van der Waals surface area contributed by atoms with Crippen molar-refractivity contribution in [3.8, 4) is 17.2 Å². The summed E-state index contributed by atoms with van der Waals surface area (Å²) < 4.78 is 14.2. The zero-order chi connectivity index (χ0) is 26.6. The van der Waals surface area contributed by atoms with E-state index in [1.807, 2.05) is 43.9 Å². The second-order valence-corrected chi connectivity index (χ2v) is 11.0. The number of carbonyl (C=O) groups excluding carboxylic acids is 2. The van der Waals surface area contributed by atoms with Crippen LogP contribution in [0.4, 0.5) is 4.79 Å². The first-order chi connectivity index (χ1) is 17.7. The van der Waals surface area contributed by atoms with Gasteiger partial charge in [-0.05, 0) is 46.6 Å². The van der Waals surface area contributed by atoms with Gasteiger partial charge in [0.2, 0.25) is 0 Å². The first-order valence-electron chi connectivity index (χ1n) is 12.4. The molecule has 4 heterocycles. The molecule has 0 saturated carbocycles. The summed E-state index contributed by atoms with van der Waals surface area (Å²) in [5, 5.41) is 18.5. The molecule has 4 rings (SSSR count). The number of nitriles is 1. The van der Waals surface area contributed by atoms with Gasteiger partial charge in [-0.25, -0.2) is 9.31 Å². The topological polar surface area (TPSA) is 115 Å². The van der Waals surface area contributed by atoms with Gasteiger partial charge in [-0.15, -0.1) is 11.8 Å². The molecule has 0 bridgehead atoms. The van der Waals surface area contributed by atoms with E-state index in [0.717, 1.165) is 28.9 Å². The molecule has 1 aliphatic rings. The lowest BCUT2D eigenvalue weighted by atomic mass is 10.1. The number of hydrogen-bond donors (Lipinski definition) is 0. The van der Waals surface area contributed by atoms with E-state index >= 15 is 0 Å². The fourth-order valence-electron chi connectivity index (χ4n) is 4.26. The van der Waals surface area contributed by atoms with E-state index in [4.69, 9.17) is 9.47 Å². The lowest BCUT2D eigenvalue weighted by molar-refractivity contribution is -0.142. The molecule has 0 unspecified atom stereocenters. The molecule has 0 aliphatic carbocycles. The van der Waals surface area contributed by atoms with Crippen molar-refractivity contribution in [2.75, 3.05) is 25.4 Å². The molecule has 37 heavy (non-hydrogen) atoms. The van der Waals surface area contributed by atoms with Gasteiger partial charge in [-0.3, -0.25) is 9.48 Å². The molecule has 0 spiro atoms. The van der Waals surface area contributed by atoms with Crippen molar-refractivity contribution in [1.82, 2.24) is 24.3 Å². The maximum atomic E-state index is 12.6. The third-order valence-corrected chi connectivity index (χ3v) is 6.95. The van der Waals surface area contributed by atoms with Gasteiger partial charge in [0.1, 0.15) is 11.7 Å². The van der Waals surface area contributed by atoms with E-state index in [-0.39, 0.29) is 24.5 Å². The summed E-state index contributed by atoms with van der Waals surface area (Å²) in [7, 11) is 0. The van der Waals surface area contributed by atoms with Gasteiger partial charge in [0, 0.05) is 47.3 Å². The van der Waals surface area contributed by atoms with Gasteiger partial charge >= 0.3 is 12.1 Å². The van der Waals surface area contributed by atoms with E-state index < -0.39 is 5.60 Å². The molecule has 3 aromatic heterocycles. The van der Waals surface area contributed by atoms with E-state index in [2.05, 4.69) is 16.3 Å². The molecule has 3 aromatic rings. The Hall–Kier alpha value is -3.52. The highest BCUT2D eigenvalue weighted by molar-refractivity contribution is 7.99. The number of rotatable bonds is 7. The molecule has 1 saturated heterocycles. The maximum Gasteiger partial charge on any atom is 0.410 e. The fraction of sp³-hybridized carbons (Fsp3) is 0.500. The summed E-state index contributed by atoms with van der Waals surface area (Å²) in [5.74, 6) is 0.279. The predicted octanol–water partition coefficient (Wildman–Crippen LogP) is 4.69. The number of aromatic nitrogens is 4. The van der Waals surface area contributed by atoms with Gasteiger partial charge in [0.25, 0.3) is 0 Å². The summed E-state index contributed by atoms with van der Waals surface area (Å²) in [6.07, 6.45) is 8.97. The number of esters is 1. The zero-order valence-corrected chi connectivity index (χ0v) is 22.5. The molecule has 1 atom stereocenters. The minimum atomic E-state index is -0.536. The second-order valence-electron chi connectivity index (χ2n) is 9.89. The molecule has 0 aromatic carbocycles. The molecular weight excluding hydrogens is 492 g/mol. The van der Waals surface area contributed by atoms with Crippen LogP contribution in [0.15, 0.2) is 35.7 Å². The van der Waals surface area contributed by atoms with Crippen molar-refractivity contribution in [3.05, 3.63) is 36.4 Å². The quantitative estimate of drug-likeness (QED) is 0.323. The van der Waals surface area contributed by atoms with E-state index in [9.17, 15) is 14.9 Å². The average molecular weight is 525 g/mol. The first kappa shape index (κ1) is 26.5. The number of thioether (sulfide) groups is 1. The summed E-state index contributed by atoms with van der Waals surface area (Å²) in [6, 6.07) is 4.25. The van der Waals surface area contributed by atoms with Crippen LogP contribution in [0.3, 0.4) is 0 Å². The fourth-order valence-corrected chi connectivity index (χ4v) is 5.30. The molecule has 11 heteroatoms. The van der Waals surface area contributed by atoms with Crippen molar-refractivity contribution in [1.29, 1.82) is 5.26 Å². The third-order valence-electron chi connectivity index (χ3n) is 5.92. The van der Waals surface area contributed by atoms with Gasteiger partial charge in [-0.2, -0.15) is 15.5 Å². The third kappa shape index (κ3) is 6.43. The molecular formula is C26H32N6O4S. The molecule has 0 radical (unpaired) electrons. The molecule has 1 aliphatic heterocycles. The highest BCUT2D eigenvalue weighted by Gasteiger charge is 2.29. The molecule has 1 amide bonds. The van der Waals surface area contributed by atoms with Crippen LogP contribution in [0, 0.1) is 11.3 Å². The van der Waals surface area contributed by atoms with Crippen LogP contribution in [0.1, 0.15) is 58.6 Å². The summed E-state index contributed by atoms with van der Waals surface area (Å²) >= 11 is 1.49. The number of piperidine rings is 1. The number of ether oxygens (including phenoxy) is 2. The Labute approximate surface area is 220 Å². The summed E-state index contributed by atoms with van der Waals surface area (Å²) in [4.78, 5) is 27.0. The number of likely N-dealkylation sites (tertiary alicyclic amines) is 1. The van der Waals surface area contributed by atoms with Gasteiger partial charge in [-0.1, -0.05) is 0 Å². The molecule has 0 N–H and O–H groups in total. The van der Waals surface area contributed by atoms with Crippen LogP contribution in [0.25, 0.3) is 16.6 Å². The lowest BCUT2D eigenvalue weighted by Crippen LogP contribution is -2.43. The molecule has 10 nitrogen and oxygen atoms in total. The summed E-state index contributed by atoms with van der Waals surface area (Å²) in [5.41, 5.74) is 2.45. The Morgan fingerprint density at radius 1 is 1.22 bits per heavy atom. The minimum Gasteiger partial charge on any atom is -0.466 e. The SMILES string of the molecule is CCOC(=O)CCSc1cc(-c2cnn([C@H]3CCCN(C(=O)OC(C)(C)C)C3)c2)cn2ncc(C#N)c12. The van der Waals surface area contributed by atoms with Crippen LogP contribution >= 0.6 is 11.8 Å². The second kappa shape index (κ2) is 11.3. The number of hydrogen-bond acceptors (Lipinski definition) is 8. The monoisotopic (exact) mass is 524 g/mol. The van der Waals surface area contributed by atoms with Crippen molar-refractivity contribution < 1.29 is 19.1 Å². The Morgan fingerprint density at radius 2 is 2.03 bits per heavy atom. The number of fused-ring (bicyclic) bond motifs is 1. The predicted molar refractivity (Wildman–Crippen MR) is 139 cm³/mol. The van der Waals surface area contributed by atoms with Gasteiger partial charge in [0.15, 0.2) is 0 Å². The van der Waals surface area contributed by atoms with Crippen molar-refractivity contribution in [3.63, 3.8) is 0 Å². The highest BCUT2D eigenvalue weighted by Crippen LogP contribution is 2.32. The Bertz CT molecular complexity index is 1320. The van der Waals surface area contributed by atoms with Crippen molar-refractivity contribution in [2.45, 2.75) is 63.5 Å². The number of carbonyl (C=O) groups is 2. The molecule has 196 valence electrons. The first-order valence-corrected chi connectivity index (χ1v) is 13.4. The van der Waals surface area contributed by atoms with Gasteiger partial charge < -0.3 is 14.4 Å². The van der Waals surface area contributed by atoms with Crippen LogP contribution < -0.4 is 0 Å². The van der Waals surface area contributed by atoms with Gasteiger partial charge in [0.05, 0.1) is 42.5 Å². The van der Waals surface area contributed by atoms with E-state index in [1.54, 1.807) is 28.7 Å². The Balaban J connectivity index is 1.55. The standard InChI is InChI=1S/C26H32N6O4S/c1-5-35-23(33)8-10-37-22-11-18(15-32-24(22)19(12-27)13-29-32)20-14-28-31(16-20)21-7-6-9-30(17-21)25(34)36-26(2,3)4/h11,13-16,21H,5-10,17H2,1-4H3/t21-/m0/s1. The number of amides is 1. The van der Waals surface area contributed by atoms with Crippen molar-refractivity contribution >= 4 is 29.3 Å². The lowest BCUT2D eigenvalue weighted by Gasteiger charge is -2.34. The van der Waals surface area contributed by atoms with E-state index in [1.165, 1.54) is 11.8 Å². The maximum absolute atomic E-state index is 12.6. The largest absolute Gasteiger partial charge is 0.466 e. The smallest absolute Gasteiger partial charge is 0.410 e. The number of pyridine rings is 1. The minimum absolute atomic E-state index is 0.0482.